The number of benzene rings is 1. The number of nitrogens with zero attached hydrogens (tertiary/aromatic N) is 1. The second-order valence-corrected chi connectivity index (χ2v) is 7.59. The van der Waals surface area contributed by atoms with Gasteiger partial charge >= 0.3 is 0 Å². The molecule has 1 aromatic carbocycles. The summed E-state index contributed by atoms with van der Waals surface area (Å²) in [6.07, 6.45) is 0. The molecule has 6 heteroatoms. The van der Waals surface area contributed by atoms with E-state index in [1.54, 1.807) is 11.8 Å². The van der Waals surface area contributed by atoms with Gasteiger partial charge in [0.25, 0.3) is 5.91 Å². The standard InChI is InChI=1S/C15H19N3OS2/c1-15(2,3)10-4-6-12(7-5-10)20-8-11-9-21-14(17-11)13(19)18-16/h4-7,9H,8,16H2,1-3H3,(H,18,19). The number of hydrazine groups is 1. The van der Waals surface area contributed by atoms with E-state index in [9.17, 15) is 4.79 Å². The number of nitrogens with two attached hydrogens (primary N) is 1. The summed E-state index contributed by atoms with van der Waals surface area (Å²) < 4.78 is 0. The van der Waals surface area contributed by atoms with E-state index in [0.29, 0.717) is 5.01 Å². The molecular formula is C15H19N3OS2. The number of carbonyl (C=O) groups is 1. The third-order valence-corrected chi connectivity index (χ3v) is 4.92. The molecule has 0 spiro atoms. The Bertz CT molecular complexity index is 615. The molecule has 112 valence electrons. The highest BCUT2D eigenvalue weighted by Crippen LogP contribution is 2.27. The normalized spacial score (nSPS) is 11.4. The Morgan fingerprint density at radius 1 is 1.33 bits per heavy atom. The molecule has 0 aliphatic rings. The highest BCUT2D eigenvalue weighted by atomic mass is 32.2. The lowest BCUT2D eigenvalue weighted by atomic mass is 9.87. The molecule has 2 aromatic rings. The Kier molecular flexibility index (Phi) is 5.03. The molecule has 21 heavy (non-hydrogen) atoms. The zero-order chi connectivity index (χ0) is 15.5. The number of nitrogens with one attached hydrogen (secondary N) is 1. The summed E-state index contributed by atoms with van der Waals surface area (Å²) in [6, 6.07) is 8.59. The Morgan fingerprint density at radius 3 is 2.57 bits per heavy atom. The number of carbonyl (C=O) groups excluding carboxylic acids is 1. The molecule has 0 aliphatic carbocycles. The van der Waals surface area contributed by atoms with Crippen molar-refractivity contribution in [1.82, 2.24) is 10.4 Å². The van der Waals surface area contributed by atoms with E-state index >= 15 is 0 Å². The molecule has 3 N–H and O–H groups in total. The van der Waals surface area contributed by atoms with E-state index in [0.717, 1.165) is 11.4 Å². The predicted octanol–water partition coefficient (Wildman–Crippen LogP) is 3.34. The molecular weight excluding hydrogens is 302 g/mol. The second-order valence-electron chi connectivity index (χ2n) is 5.68. The van der Waals surface area contributed by atoms with Gasteiger partial charge in [0.2, 0.25) is 0 Å². The van der Waals surface area contributed by atoms with Crippen LogP contribution in [0.3, 0.4) is 0 Å². The Labute approximate surface area is 133 Å². The minimum Gasteiger partial charge on any atom is -0.288 e. The van der Waals surface area contributed by atoms with Crippen LogP contribution >= 0.6 is 23.1 Å². The van der Waals surface area contributed by atoms with Gasteiger partial charge in [0.1, 0.15) is 0 Å². The number of rotatable bonds is 4. The second kappa shape index (κ2) is 6.60. The highest BCUT2D eigenvalue weighted by molar-refractivity contribution is 7.98. The van der Waals surface area contributed by atoms with E-state index in [2.05, 4.69) is 55.4 Å². The van der Waals surface area contributed by atoms with Crippen molar-refractivity contribution in [3.8, 4) is 0 Å². The Morgan fingerprint density at radius 2 is 2.00 bits per heavy atom. The predicted molar refractivity (Wildman–Crippen MR) is 88.5 cm³/mol. The lowest BCUT2D eigenvalue weighted by molar-refractivity contribution is 0.0953. The average molecular weight is 321 g/mol. The van der Waals surface area contributed by atoms with Crippen molar-refractivity contribution >= 4 is 29.0 Å². The van der Waals surface area contributed by atoms with Crippen LogP contribution in [0.25, 0.3) is 0 Å². The van der Waals surface area contributed by atoms with Crippen LogP contribution in [0.5, 0.6) is 0 Å². The number of hydrogen-bond donors (Lipinski definition) is 2. The highest BCUT2D eigenvalue weighted by Gasteiger charge is 2.13. The molecule has 2 rings (SSSR count). The van der Waals surface area contributed by atoms with Crippen molar-refractivity contribution in [3.05, 3.63) is 45.9 Å². The number of amides is 1. The van der Waals surface area contributed by atoms with Gasteiger partial charge in [-0.3, -0.25) is 10.2 Å². The van der Waals surface area contributed by atoms with Gasteiger partial charge in [-0.05, 0) is 23.1 Å². The van der Waals surface area contributed by atoms with Crippen LogP contribution in [0.2, 0.25) is 0 Å². The first-order valence-corrected chi connectivity index (χ1v) is 8.45. The molecule has 1 heterocycles. The molecule has 0 unspecified atom stereocenters. The van der Waals surface area contributed by atoms with Gasteiger partial charge in [0.05, 0.1) is 5.69 Å². The lowest BCUT2D eigenvalue weighted by Crippen LogP contribution is -2.29. The molecule has 1 amide bonds. The first kappa shape index (κ1) is 16.0. The first-order chi connectivity index (χ1) is 9.90. The van der Waals surface area contributed by atoms with Gasteiger partial charge in [0.15, 0.2) is 5.01 Å². The third kappa shape index (κ3) is 4.30. The number of thiazole rings is 1. The summed E-state index contributed by atoms with van der Waals surface area (Å²) in [6.45, 7) is 6.61. The molecule has 0 aliphatic heterocycles. The van der Waals surface area contributed by atoms with Crippen LogP contribution in [0, 0.1) is 0 Å². The minimum absolute atomic E-state index is 0.169. The molecule has 0 fully saturated rings. The lowest BCUT2D eigenvalue weighted by Gasteiger charge is -2.18. The SMILES string of the molecule is CC(C)(C)c1ccc(SCc2csc(C(=O)NN)n2)cc1. The molecule has 1 aromatic heterocycles. The monoisotopic (exact) mass is 321 g/mol. The number of thioether (sulfide) groups is 1. The third-order valence-electron chi connectivity index (χ3n) is 2.98. The van der Waals surface area contributed by atoms with Crippen LogP contribution < -0.4 is 11.3 Å². The smallest absolute Gasteiger partial charge is 0.288 e. The zero-order valence-corrected chi connectivity index (χ0v) is 14.0. The van der Waals surface area contributed by atoms with Gasteiger partial charge < -0.3 is 0 Å². The summed E-state index contributed by atoms with van der Waals surface area (Å²) in [5, 5.41) is 2.29. The summed E-state index contributed by atoms with van der Waals surface area (Å²) in [5.74, 6) is 5.49. The van der Waals surface area contributed by atoms with Crippen LogP contribution in [0.4, 0.5) is 0 Å². The summed E-state index contributed by atoms with van der Waals surface area (Å²) in [7, 11) is 0. The van der Waals surface area contributed by atoms with Crippen LogP contribution in [0.1, 0.15) is 41.8 Å². The van der Waals surface area contributed by atoms with Crippen molar-refractivity contribution in [1.29, 1.82) is 0 Å². The fourth-order valence-corrected chi connectivity index (χ4v) is 3.36. The fraction of sp³-hybridized carbons (Fsp3) is 0.333. The van der Waals surface area contributed by atoms with Gasteiger partial charge in [-0.15, -0.1) is 23.1 Å². The van der Waals surface area contributed by atoms with Crippen LogP contribution in [0.15, 0.2) is 34.5 Å². The van der Waals surface area contributed by atoms with Crippen LogP contribution in [-0.2, 0) is 11.2 Å². The molecule has 0 radical (unpaired) electrons. The Balaban J connectivity index is 1.97. The topological polar surface area (TPSA) is 68.0 Å². The molecule has 0 atom stereocenters. The van der Waals surface area contributed by atoms with Crippen molar-refractivity contribution in [2.75, 3.05) is 0 Å². The summed E-state index contributed by atoms with van der Waals surface area (Å²) in [4.78, 5) is 16.8. The maximum Gasteiger partial charge on any atom is 0.294 e. The van der Waals surface area contributed by atoms with Crippen molar-refractivity contribution in [2.45, 2.75) is 36.8 Å². The number of aromatic nitrogens is 1. The van der Waals surface area contributed by atoms with E-state index < -0.39 is 0 Å². The van der Waals surface area contributed by atoms with E-state index in [4.69, 9.17) is 5.84 Å². The van der Waals surface area contributed by atoms with Crippen molar-refractivity contribution < 1.29 is 4.79 Å². The quantitative estimate of drug-likeness (QED) is 0.392. The van der Waals surface area contributed by atoms with Gasteiger partial charge in [-0.25, -0.2) is 10.8 Å². The Hall–Kier alpha value is -1.37. The van der Waals surface area contributed by atoms with E-state index in [-0.39, 0.29) is 11.3 Å². The van der Waals surface area contributed by atoms with Gasteiger partial charge in [-0.1, -0.05) is 32.9 Å². The molecule has 0 bridgehead atoms. The van der Waals surface area contributed by atoms with Gasteiger partial charge in [0, 0.05) is 16.0 Å². The number of hydrogen-bond acceptors (Lipinski definition) is 5. The molecule has 4 nitrogen and oxygen atoms in total. The van der Waals surface area contributed by atoms with Crippen molar-refractivity contribution in [2.24, 2.45) is 5.84 Å². The zero-order valence-electron chi connectivity index (χ0n) is 12.3. The first-order valence-electron chi connectivity index (χ1n) is 6.59. The van der Waals surface area contributed by atoms with E-state index in [1.807, 2.05) is 5.38 Å². The minimum atomic E-state index is -0.342. The summed E-state index contributed by atoms with van der Waals surface area (Å²) >= 11 is 3.01. The van der Waals surface area contributed by atoms with Crippen LogP contribution in [-0.4, -0.2) is 10.9 Å². The number of nitrogen functional groups attached to an aromatic ring is 1. The molecule has 0 saturated heterocycles. The van der Waals surface area contributed by atoms with E-state index in [1.165, 1.54) is 21.8 Å². The average Bonchev–Trinajstić information content (AvgIpc) is 2.92. The van der Waals surface area contributed by atoms with Gasteiger partial charge in [-0.2, -0.15) is 0 Å². The maximum atomic E-state index is 11.3. The summed E-state index contributed by atoms with van der Waals surface area (Å²) in [5.41, 5.74) is 4.47. The molecule has 0 saturated carbocycles. The fourth-order valence-electron chi connectivity index (χ4n) is 1.75. The van der Waals surface area contributed by atoms with Crippen molar-refractivity contribution in [3.63, 3.8) is 0 Å². The largest absolute Gasteiger partial charge is 0.294 e. The maximum absolute atomic E-state index is 11.3.